The standard InChI is InChI=1S/C18H29F3N4O/c1-5-22-17(23-10-11-24(2)12-13-26-4)25(3)14-15-6-8-16(9-7-15)18(19,20)21/h6-9H,5,10-14H2,1-4H3,(H,22,23). The molecule has 0 unspecified atom stereocenters. The summed E-state index contributed by atoms with van der Waals surface area (Å²) < 4.78 is 43.0. The highest BCUT2D eigenvalue weighted by Crippen LogP contribution is 2.29. The molecule has 0 bridgehead atoms. The van der Waals surface area contributed by atoms with E-state index in [2.05, 4.69) is 15.2 Å². The predicted molar refractivity (Wildman–Crippen MR) is 98.3 cm³/mol. The first kappa shape index (κ1) is 22.2. The summed E-state index contributed by atoms with van der Waals surface area (Å²) in [5.41, 5.74) is 0.159. The monoisotopic (exact) mass is 374 g/mol. The van der Waals surface area contributed by atoms with Crippen LogP contribution in [0, 0.1) is 0 Å². The van der Waals surface area contributed by atoms with Crippen LogP contribution in [0.2, 0.25) is 0 Å². The van der Waals surface area contributed by atoms with E-state index in [4.69, 9.17) is 4.74 Å². The average molecular weight is 374 g/mol. The number of hydrogen-bond acceptors (Lipinski definition) is 3. The maximum absolute atomic E-state index is 12.6. The van der Waals surface area contributed by atoms with Gasteiger partial charge in [-0.15, -0.1) is 0 Å². The predicted octanol–water partition coefficient (Wildman–Crippen LogP) is 2.68. The van der Waals surface area contributed by atoms with E-state index in [1.54, 1.807) is 7.11 Å². The van der Waals surface area contributed by atoms with E-state index in [1.165, 1.54) is 12.1 Å². The van der Waals surface area contributed by atoms with Crippen LogP contribution in [-0.4, -0.2) is 69.8 Å². The molecule has 0 heterocycles. The average Bonchev–Trinajstić information content (AvgIpc) is 2.58. The lowest BCUT2D eigenvalue weighted by Gasteiger charge is -2.23. The van der Waals surface area contributed by atoms with Crippen molar-refractivity contribution in [2.24, 2.45) is 4.99 Å². The topological polar surface area (TPSA) is 40.1 Å². The summed E-state index contributed by atoms with van der Waals surface area (Å²) in [6.45, 7) is 6.11. The zero-order valence-electron chi connectivity index (χ0n) is 15.9. The SMILES string of the molecule is CCNC(=NCCN(C)CCOC)N(C)Cc1ccc(C(F)(F)F)cc1. The molecule has 0 saturated heterocycles. The van der Waals surface area contributed by atoms with Crippen LogP contribution in [0.15, 0.2) is 29.3 Å². The maximum atomic E-state index is 12.6. The zero-order chi connectivity index (χ0) is 19.6. The molecule has 1 aromatic carbocycles. The highest BCUT2D eigenvalue weighted by molar-refractivity contribution is 5.79. The number of rotatable bonds is 9. The van der Waals surface area contributed by atoms with Crippen molar-refractivity contribution in [1.82, 2.24) is 15.1 Å². The maximum Gasteiger partial charge on any atom is 0.416 e. The summed E-state index contributed by atoms with van der Waals surface area (Å²) in [5.74, 6) is 0.729. The van der Waals surface area contributed by atoms with Gasteiger partial charge in [-0.25, -0.2) is 0 Å². The Balaban J connectivity index is 2.64. The summed E-state index contributed by atoms with van der Waals surface area (Å²) in [6.07, 6.45) is -4.31. The summed E-state index contributed by atoms with van der Waals surface area (Å²) in [7, 11) is 5.55. The van der Waals surface area contributed by atoms with Gasteiger partial charge in [-0.1, -0.05) is 12.1 Å². The van der Waals surface area contributed by atoms with Crippen molar-refractivity contribution in [3.05, 3.63) is 35.4 Å². The number of aliphatic imine (C=N–C) groups is 1. The number of nitrogens with one attached hydrogen (secondary N) is 1. The molecule has 8 heteroatoms. The van der Waals surface area contributed by atoms with Gasteiger partial charge in [0, 0.05) is 40.3 Å². The van der Waals surface area contributed by atoms with Gasteiger partial charge in [-0.2, -0.15) is 13.2 Å². The number of ether oxygens (including phenoxy) is 1. The second-order valence-corrected chi connectivity index (χ2v) is 6.08. The fraction of sp³-hybridized carbons (Fsp3) is 0.611. The minimum Gasteiger partial charge on any atom is -0.383 e. The Morgan fingerprint density at radius 2 is 1.81 bits per heavy atom. The third kappa shape index (κ3) is 8.05. The molecule has 0 aromatic heterocycles. The molecule has 148 valence electrons. The van der Waals surface area contributed by atoms with Crippen molar-refractivity contribution in [2.75, 3.05) is 54.0 Å². The normalized spacial score (nSPS) is 12.5. The molecule has 0 spiro atoms. The highest BCUT2D eigenvalue weighted by atomic mass is 19.4. The Morgan fingerprint density at radius 3 is 2.35 bits per heavy atom. The first-order valence-electron chi connectivity index (χ1n) is 8.61. The number of alkyl halides is 3. The van der Waals surface area contributed by atoms with Gasteiger partial charge in [0.2, 0.25) is 0 Å². The molecule has 0 atom stereocenters. The fourth-order valence-electron chi connectivity index (χ4n) is 2.30. The first-order valence-corrected chi connectivity index (χ1v) is 8.61. The number of halogens is 3. The van der Waals surface area contributed by atoms with E-state index < -0.39 is 11.7 Å². The zero-order valence-corrected chi connectivity index (χ0v) is 15.9. The Labute approximate surface area is 153 Å². The number of guanidine groups is 1. The molecule has 1 aromatic rings. The minimum absolute atomic E-state index is 0.476. The molecule has 0 radical (unpaired) electrons. The molecule has 0 aliphatic carbocycles. The third-order valence-electron chi connectivity index (χ3n) is 3.82. The van der Waals surface area contributed by atoms with Gasteiger partial charge in [-0.05, 0) is 31.7 Å². The van der Waals surface area contributed by atoms with Gasteiger partial charge in [-0.3, -0.25) is 4.99 Å². The number of nitrogens with zero attached hydrogens (tertiary/aromatic N) is 3. The molecule has 0 fully saturated rings. The van der Waals surface area contributed by atoms with Gasteiger partial charge >= 0.3 is 6.18 Å². The molecular weight excluding hydrogens is 345 g/mol. The Morgan fingerprint density at radius 1 is 1.15 bits per heavy atom. The van der Waals surface area contributed by atoms with Gasteiger partial charge in [0.05, 0.1) is 18.7 Å². The number of benzene rings is 1. The van der Waals surface area contributed by atoms with E-state index in [0.29, 0.717) is 19.7 Å². The molecule has 1 N–H and O–H groups in total. The van der Waals surface area contributed by atoms with E-state index in [0.717, 1.165) is 43.3 Å². The molecule has 0 aliphatic rings. The highest BCUT2D eigenvalue weighted by Gasteiger charge is 2.29. The number of hydrogen-bond donors (Lipinski definition) is 1. The largest absolute Gasteiger partial charge is 0.416 e. The van der Waals surface area contributed by atoms with E-state index in [-0.39, 0.29) is 0 Å². The van der Waals surface area contributed by atoms with Crippen LogP contribution in [0.1, 0.15) is 18.1 Å². The van der Waals surface area contributed by atoms with Gasteiger partial charge < -0.3 is 19.9 Å². The first-order chi connectivity index (χ1) is 12.3. The lowest BCUT2D eigenvalue weighted by Crippen LogP contribution is -2.39. The van der Waals surface area contributed by atoms with Crippen molar-refractivity contribution in [3.63, 3.8) is 0 Å². The van der Waals surface area contributed by atoms with Crippen molar-refractivity contribution in [3.8, 4) is 0 Å². The molecule has 0 aliphatic heterocycles. The molecular formula is C18H29F3N4O. The van der Waals surface area contributed by atoms with E-state index in [9.17, 15) is 13.2 Å². The second-order valence-electron chi connectivity index (χ2n) is 6.08. The van der Waals surface area contributed by atoms with Crippen LogP contribution in [-0.2, 0) is 17.5 Å². The van der Waals surface area contributed by atoms with Crippen molar-refractivity contribution < 1.29 is 17.9 Å². The molecule has 1 rings (SSSR count). The lowest BCUT2D eigenvalue weighted by molar-refractivity contribution is -0.137. The van der Waals surface area contributed by atoms with E-state index >= 15 is 0 Å². The van der Waals surface area contributed by atoms with E-state index in [1.807, 2.05) is 25.9 Å². The third-order valence-corrected chi connectivity index (χ3v) is 3.82. The van der Waals surface area contributed by atoms with Crippen LogP contribution >= 0.6 is 0 Å². The molecule has 0 saturated carbocycles. The molecule has 26 heavy (non-hydrogen) atoms. The lowest BCUT2D eigenvalue weighted by atomic mass is 10.1. The fourth-order valence-corrected chi connectivity index (χ4v) is 2.30. The Kier molecular flexibility index (Phi) is 9.43. The van der Waals surface area contributed by atoms with Crippen LogP contribution < -0.4 is 5.32 Å². The summed E-state index contributed by atoms with van der Waals surface area (Å²) >= 11 is 0. The van der Waals surface area contributed by atoms with Crippen molar-refractivity contribution in [2.45, 2.75) is 19.6 Å². The smallest absolute Gasteiger partial charge is 0.383 e. The Hall–Kier alpha value is -1.80. The minimum atomic E-state index is -4.31. The van der Waals surface area contributed by atoms with Gasteiger partial charge in [0.1, 0.15) is 0 Å². The second kappa shape index (κ2) is 11.0. The summed E-state index contributed by atoms with van der Waals surface area (Å²) in [5, 5.41) is 3.21. The van der Waals surface area contributed by atoms with Crippen molar-refractivity contribution >= 4 is 5.96 Å². The number of methoxy groups -OCH3 is 1. The number of likely N-dealkylation sites (N-methyl/N-ethyl adjacent to an activating group) is 1. The van der Waals surface area contributed by atoms with Crippen LogP contribution in [0.3, 0.4) is 0 Å². The van der Waals surface area contributed by atoms with Gasteiger partial charge in [0.25, 0.3) is 0 Å². The summed E-state index contributed by atoms with van der Waals surface area (Å²) in [6, 6.07) is 5.22. The molecule has 0 amide bonds. The molecule has 5 nitrogen and oxygen atoms in total. The summed E-state index contributed by atoms with van der Waals surface area (Å²) in [4.78, 5) is 8.62. The van der Waals surface area contributed by atoms with Crippen LogP contribution in [0.4, 0.5) is 13.2 Å². The Bertz CT molecular complexity index is 546. The van der Waals surface area contributed by atoms with Crippen LogP contribution in [0.5, 0.6) is 0 Å². The van der Waals surface area contributed by atoms with Crippen molar-refractivity contribution in [1.29, 1.82) is 0 Å². The quantitative estimate of drug-likeness (QED) is 0.533. The van der Waals surface area contributed by atoms with Crippen LogP contribution in [0.25, 0.3) is 0 Å². The van der Waals surface area contributed by atoms with Gasteiger partial charge in [0.15, 0.2) is 5.96 Å².